The number of carbonyl (C=O) groups excluding carboxylic acids is 1. The van der Waals surface area contributed by atoms with Crippen LogP contribution in [0.3, 0.4) is 0 Å². The van der Waals surface area contributed by atoms with E-state index in [0.717, 1.165) is 22.6 Å². The molecule has 6 nitrogen and oxygen atoms in total. The second-order valence-electron chi connectivity index (χ2n) is 5.84. The number of carbonyl (C=O) groups is 1. The molecule has 0 aliphatic carbocycles. The van der Waals surface area contributed by atoms with Crippen LogP contribution < -0.4 is 15.0 Å². The summed E-state index contributed by atoms with van der Waals surface area (Å²) in [7, 11) is 1.63. The van der Waals surface area contributed by atoms with Crippen LogP contribution in [0.5, 0.6) is 5.75 Å². The number of nitrogens with zero attached hydrogens (tertiary/aromatic N) is 2. The molecule has 6 heteroatoms. The average Bonchev–Trinajstić information content (AvgIpc) is 2.64. The number of rotatable bonds is 2. The number of ether oxygens (including phenoxy) is 1. The van der Waals surface area contributed by atoms with E-state index in [-0.39, 0.29) is 12.1 Å². The molecule has 0 saturated carbocycles. The van der Waals surface area contributed by atoms with Crippen LogP contribution in [0.15, 0.2) is 47.6 Å². The van der Waals surface area contributed by atoms with Crippen LogP contribution in [-0.4, -0.2) is 30.5 Å². The second kappa shape index (κ2) is 5.56. The van der Waals surface area contributed by atoms with Gasteiger partial charge in [-0.05, 0) is 23.8 Å². The zero-order valence-corrected chi connectivity index (χ0v) is 13.2. The Balaban J connectivity index is 1.82. The number of benzene rings is 2. The zero-order chi connectivity index (χ0) is 16.7. The third-order valence-electron chi connectivity index (χ3n) is 4.60. The molecule has 4 rings (SSSR count). The minimum Gasteiger partial charge on any atom is -0.497 e. The van der Waals surface area contributed by atoms with Crippen LogP contribution in [0.4, 0.5) is 5.69 Å². The van der Waals surface area contributed by atoms with Crippen molar-refractivity contribution in [2.75, 3.05) is 18.6 Å². The van der Waals surface area contributed by atoms with Gasteiger partial charge in [0.1, 0.15) is 11.9 Å². The minimum atomic E-state index is -0.253. The summed E-state index contributed by atoms with van der Waals surface area (Å²) in [5.41, 5.74) is 3.86. The van der Waals surface area contributed by atoms with Crippen molar-refractivity contribution in [3.05, 3.63) is 59.2 Å². The van der Waals surface area contributed by atoms with Crippen LogP contribution in [0.1, 0.15) is 34.1 Å². The van der Waals surface area contributed by atoms with Crippen LogP contribution in [0.2, 0.25) is 0 Å². The molecule has 24 heavy (non-hydrogen) atoms. The predicted molar refractivity (Wildman–Crippen MR) is 89.9 cm³/mol. The molecule has 1 unspecified atom stereocenters. The minimum absolute atomic E-state index is 0.122. The molecule has 1 atom stereocenters. The van der Waals surface area contributed by atoms with E-state index in [4.69, 9.17) is 4.74 Å². The van der Waals surface area contributed by atoms with Crippen molar-refractivity contribution in [2.24, 2.45) is 5.16 Å². The Hall–Kier alpha value is -3.02. The Kier molecular flexibility index (Phi) is 3.37. The first kappa shape index (κ1) is 14.6. The summed E-state index contributed by atoms with van der Waals surface area (Å²) < 4.78 is 5.20. The number of nitrogens with one attached hydrogen (secondary N) is 1. The third kappa shape index (κ3) is 2.11. The van der Waals surface area contributed by atoms with Gasteiger partial charge in [-0.15, -0.1) is 0 Å². The van der Waals surface area contributed by atoms with Gasteiger partial charge >= 0.3 is 0 Å². The van der Waals surface area contributed by atoms with Crippen LogP contribution in [0.25, 0.3) is 0 Å². The molecule has 0 aromatic heterocycles. The van der Waals surface area contributed by atoms with Crippen LogP contribution in [0, 0.1) is 0 Å². The highest BCUT2D eigenvalue weighted by molar-refractivity contribution is 6.13. The lowest BCUT2D eigenvalue weighted by atomic mass is 9.92. The van der Waals surface area contributed by atoms with E-state index in [1.54, 1.807) is 13.2 Å². The number of anilines is 1. The van der Waals surface area contributed by atoms with E-state index in [0.29, 0.717) is 24.2 Å². The maximum atomic E-state index is 12.6. The predicted octanol–water partition coefficient (Wildman–Crippen LogP) is 2.53. The fourth-order valence-corrected chi connectivity index (χ4v) is 3.43. The average molecular weight is 323 g/mol. The molecular formula is C18H17N3O3. The molecular weight excluding hydrogens is 306 g/mol. The monoisotopic (exact) mass is 323 g/mol. The molecule has 2 heterocycles. The van der Waals surface area contributed by atoms with E-state index in [9.17, 15) is 10.0 Å². The molecule has 0 bridgehead atoms. The highest BCUT2D eigenvalue weighted by Gasteiger charge is 2.36. The third-order valence-corrected chi connectivity index (χ3v) is 4.60. The van der Waals surface area contributed by atoms with Gasteiger partial charge in [-0.2, -0.15) is 0 Å². The first-order chi connectivity index (χ1) is 11.7. The van der Waals surface area contributed by atoms with Gasteiger partial charge in [0.15, 0.2) is 0 Å². The Morgan fingerprint density at radius 3 is 2.67 bits per heavy atom. The van der Waals surface area contributed by atoms with Gasteiger partial charge in [-0.25, -0.2) is 0 Å². The molecule has 0 spiro atoms. The van der Waals surface area contributed by atoms with Crippen molar-refractivity contribution in [1.29, 1.82) is 0 Å². The first-order valence-corrected chi connectivity index (χ1v) is 7.78. The Morgan fingerprint density at radius 2 is 1.96 bits per heavy atom. The number of methoxy groups -OCH3 is 1. The molecule has 2 N–H and O–H groups in total. The van der Waals surface area contributed by atoms with Crippen molar-refractivity contribution in [1.82, 2.24) is 5.32 Å². The van der Waals surface area contributed by atoms with Crippen molar-refractivity contribution in [3.63, 3.8) is 0 Å². The maximum absolute atomic E-state index is 12.6. The molecule has 0 radical (unpaired) electrons. The summed E-state index contributed by atoms with van der Waals surface area (Å²) in [5, 5.41) is 15.7. The molecule has 122 valence electrons. The van der Waals surface area contributed by atoms with Gasteiger partial charge in [-0.1, -0.05) is 29.4 Å². The van der Waals surface area contributed by atoms with E-state index >= 15 is 0 Å². The summed E-state index contributed by atoms with van der Waals surface area (Å²) in [6.45, 7) is 0.667. The number of oxime groups is 1. The van der Waals surface area contributed by atoms with Gasteiger partial charge in [0, 0.05) is 18.5 Å². The van der Waals surface area contributed by atoms with Gasteiger partial charge in [0.05, 0.1) is 24.1 Å². The lowest BCUT2D eigenvalue weighted by molar-refractivity contribution is 0.0926. The lowest BCUT2D eigenvalue weighted by Gasteiger charge is -2.42. The highest BCUT2D eigenvalue weighted by Crippen LogP contribution is 2.39. The fourth-order valence-electron chi connectivity index (χ4n) is 3.43. The van der Waals surface area contributed by atoms with E-state index in [1.807, 2.05) is 36.4 Å². The number of hydrogen-bond acceptors (Lipinski definition) is 5. The first-order valence-electron chi connectivity index (χ1n) is 7.78. The molecule has 2 aromatic carbocycles. The van der Waals surface area contributed by atoms with Crippen molar-refractivity contribution >= 4 is 17.3 Å². The fraction of sp³-hybridized carbons (Fsp3) is 0.222. The lowest BCUT2D eigenvalue weighted by Crippen LogP contribution is -2.49. The van der Waals surface area contributed by atoms with Crippen LogP contribution >= 0.6 is 0 Å². The van der Waals surface area contributed by atoms with E-state index in [1.165, 1.54) is 0 Å². The maximum Gasteiger partial charge on any atom is 0.255 e. The second-order valence-corrected chi connectivity index (χ2v) is 5.84. The summed E-state index contributed by atoms with van der Waals surface area (Å²) >= 11 is 0. The van der Waals surface area contributed by atoms with E-state index in [2.05, 4.69) is 15.4 Å². The zero-order valence-electron chi connectivity index (χ0n) is 13.2. The number of hydrogen-bond donors (Lipinski definition) is 2. The van der Waals surface area contributed by atoms with Gasteiger partial charge < -0.3 is 20.2 Å². The summed E-state index contributed by atoms with van der Waals surface area (Å²) in [5.74, 6) is 0.651. The quantitative estimate of drug-likeness (QED) is 0.658. The topological polar surface area (TPSA) is 74.2 Å². The summed E-state index contributed by atoms with van der Waals surface area (Å²) in [4.78, 5) is 14.7. The molecule has 1 amide bonds. The summed E-state index contributed by atoms with van der Waals surface area (Å²) in [6.07, 6.45) is 0.368. The smallest absolute Gasteiger partial charge is 0.255 e. The van der Waals surface area contributed by atoms with Gasteiger partial charge in [0.25, 0.3) is 5.91 Å². The number of amides is 1. The van der Waals surface area contributed by atoms with Gasteiger partial charge in [0.2, 0.25) is 0 Å². The Morgan fingerprint density at radius 1 is 1.21 bits per heavy atom. The SMILES string of the molecule is COc1ccc(C2NC(=O)c3cccc4c3N2CC/C4=N\O)cc1. The van der Waals surface area contributed by atoms with Crippen molar-refractivity contribution < 1.29 is 14.7 Å². The summed E-state index contributed by atoms with van der Waals surface area (Å²) in [6, 6.07) is 13.2. The normalized spacial score (nSPS) is 20.5. The molecule has 2 aliphatic heterocycles. The van der Waals surface area contributed by atoms with Crippen molar-refractivity contribution in [3.8, 4) is 5.75 Å². The van der Waals surface area contributed by atoms with Crippen molar-refractivity contribution in [2.45, 2.75) is 12.6 Å². The Labute approximate surface area is 139 Å². The molecule has 2 aromatic rings. The van der Waals surface area contributed by atoms with Gasteiger partial charge in [-0.3, -0.25) is 4.79 Å². The van der Waals surface area contributed by atoms with E-state index < -0.39 is 0 Å². The molecule has 0 fully saturated rings. The highest BCUT2D eigenvalue weighted by atomic mass is 16.5. The van der Waals surface area contributed by atoms with Crippen LogP contribution in [-0.2, 0) is 0 Å². The number of para-hydroxylation sites is 1. The Bertz CT molecular complexity index is 830. The largest absolute Gasteiger partial charge is 0.497 e. The standard InChI is InChI=1S/C18H17N3O3/c1-24-12-7-5-11(6-8-12)17-19-18(22)14-4-2-3-13-15(20-23)9-10-21(17)16(13)14/h2-8,17,23H,9-10H2,1H3,(H,19,22)/b20-15+. The molecule has 2 aliphatic rings. The molecule has 0 saturated heterocycles.